The molecule has 6 atom stereocenters. The van der Waals surface area contributed by atoms with E-state index in [4.69, 9.17) is 4.74 Å². The number of rotatable bonds is 5. The summed E-state index contributed by atoms with van der Waals surface area (Å²) in [5, 5.41) is 7.81. The highest BCUT2D eigenvalue weighted by Crippen LogP contribution is 2.65. The molecule has 5 aliphatic rings. The Morgan fingerprint density at radius 2 is 1.56 bits per heavy atom. The molecule has 7 heteroatoms. The Kier molecular flexibility index (Phi) is 5.22. The van der Waals surface area contributed by atoms with E-state index in [1.54, 1.807) is 6.21 Å². The first-order valence-corrected chi connectivity index (χ1v) is 13.8. The van der Waals surface area contributed by atoms with Crippen LogP contribution in [0.3, 0.4) is 0 Å². The lowest BCUT2D eigenvalue weighted by molar-refractivity contribution is -0.140. The van der Waals surface area contributed by atoms with Crippen LogP contribution in [0.5, 0.6) is 5.75 Å². The van der Waals surface area contributed by atoms with Crippen LogP contribution in [-0.2, 0) is 16.2 Å². The highest BCUT2D eigenvalue weighted by Gasteiger charge is 2.67. The van der Waals surface area contributed by atoms with Gasteiger partial charge in [-0.15, -0.1) is 0 Å². The Morgan fingerprint density at radius 3 is 2.25 bits per heavy atom. The van der Waals surface area contributed by atoms with Gasteiger partial charge in [0.25, 0.3) is 11.8 Å². The number of hydrogen-bond acceptors (Lipinski definition) is 4. The molecule has 0 N–H and O–H groups in total. The number of amides is 2. The van der Waals surface area contributed by atoms with Crippen LogP contribution in [0.4, 0.5) is 0 Å². The topological polar surface area (TPSA) is 59.0 Å². The first kappa shape index (κ1) is 22.4. The van der Waals surface area contributed by atoms with E-state index in [2.05, 4.69) is 73.4 Å². The van der Waals surface area contributed by atoms with Gasteiger partial charge in [-0.2, -0.15) is 10.1 Å². The second-order valence-electron chi connectivity index (χ2n) is 10.1. The summed E-state index contributed by atoms with van der Waals surface area (Å²) in [6, 6.07) is 18.2. The molecule has 2 amide bonds. The number of ether oxygens (including phenoxy) is 1. The minimum absolute atomic E-state index is 0.154. The van der Waals surface area contributed by atoms with Crippen LogP contribution in [0.1, 0.15) is 17.5 Å². The molecule has 3 aromatic rings. The molecule has 1 aliphatic heterocycles. The number of benzene rings is 3. The van der Waals surface area contributed by atoms with Gasteiger partial charge >= 0.3 is 0 Å². The molecule has 4 aliphatic carbocycles. The summed E-state index contributed by atoms with van der Waals surface area (Å²) in [5.41, 5.74) is 1.86. The van der Waals surface area contributed by atoms with Crippen LogP contribution in [0.25, 0.3) is 10.8 Å². The third-order valence-electron chi connectivity index (χ3n) is 8.23. The van der Waals surface area contributed by atoms with E-state index in [-0.39, 0.29) is 35.5 Å². The zero-order valence-electron chi connectivity index (χ0n) is 19.2. The average molecular weight is 606 g/mol. The number of carbonyl (C=O) groups excluding carboxylic acids is 2. The molecule has 1 heterocycles. The van der Waals surface area contributed by atoms with Gasteiger partial charge in [0.1, 0.15) is 12.4 Å². The summed E-state index contributed by atoms with van der Waals surface area (Å²) >= 11 is 7.22. The van der Waals surface area contributed by atoms with E-state index >= 15 is 0 Å². The lowest BCUT2D eigenvalue weighted by Crippen LogP contribution is -2.40. The summed E-state index contributed by atoms with van der Waals surface area (Å²) in [6.07, 6.45) is 7.07. The highest BCUT2D eigenvalue weighted by atomic mass is 79.9. The monoisotopic (exact) mass is 604 g/mol. The molecular formula is C29H22Br2N2O3. The third kappa shape index (κ3) is 3.43. The molecule has 36 heavy (non-hydrogen) atoms. The summed E-state index contributed by atoms with van der Waals surface area (Å²) in [6.45, 7) is 0.421. The van der Waals surface area contributed by atoms with Crippen molar-refractivity contribution in [2.45, 2.75) is 13.0 Å². The SMILES string of the molecule is O=C1[C@@H]2[C@H]3C=C[C@@H]([C@@H]4C[C@@H]34)[C@@H]2C(=O)N1/N=C\c1cc(Br)c(OCc2cccc3ccccc23)c(Br)c1. The quantitative estimate of drug-likeness (QED) is 0.194. The van der Waals surface area contributed by atoms with Crippen molar-refractivity contribution in [3.63, 3.8) is 0 Å². The molecule has 0 spiro atoms. The van der Waals surface area contributed by atoms with Crippen molar-refractivity contribution < 1.29 is 14.3 Å². The van der Waals surface area contributed by atoms with E-state index in [0.29, 0.717) is 24.2 Å². The fraction of sp³-hybridized carbons (Fsp3) is 0.276. The van der Waals surface area contributed by atoms with Gasteiger partial charge in [0, 0.05) is 0 Å². The summed E-state index contributed by atoms with van der Waals surface area (Å²) in [4.78, 5) is 26.3. The van der Waals surface area contributed by atoms with Crippen molar-refractivity contribution >= 4 is 60.7 Å². The van der Waals surface area contributed by atoms with Crippen molar-refractivity contribution in [3.8, 4) is 5.75 Å². The van der Waals surface area contributed by atoms with E-state index < -0.39 is 0 Å². The predicted octanol–water partition coefficient (Wildman–Crippen LogP) is 6.33. The molecule has 0 unspecified atom stereocenters. The number of carbonyl (C=O) groups is 2. The Balaban J connectivity index is 1.09. The van der Waals surface area contributed by atoms with Crippen LogP contribution in [0.2, 0.25) is 0 Å². The van der Waals surface area contributed by atoms with Gasteiger partial charge < -0.3 is 4.74 Å². The second kappa shape index (κ2) is 8.38. The molecular weight excluding hydrogens is 584 g/mol. The van der Waals surface area contributed by atoms with Crippen LogP contribution in [0, 0.1) is 35.5 Å². The third-order valence-corrected chi connectivity index (χ3v) is 9.41. The Morgan fingerprint density at radius 1 is 0.917 bits per heavy atom. The summed E-state index contributed by atoms with van der Waals surface area (Å²) in [7, 11) is 0. The van der Waals surface area contributed by atoms with Gasteiger partial charge in [-0.3, -0.25) is 9.59 Å². The minimum Gasteiger partial charge on any atom is -0.487 e. The van der Waals surface area contributed by atoms with Gasteiger partial charge in [0.15, 0.2) is 0 Å². The fourth-order valence-electron chi connectivity index (χ4n) is 6.54. The lowest BCUT2D eigenvalue weighted by atomic mass is 9.63. The largest absolute Gasteiger partial charge is 0.487 e. The van der Waals surface area contributed by atoms with Crippen LogP contribution < -0.4 is 4.74 Å². The molecule has 2 bridgehead atoms. The normalized spacial score (nSPS) is 29.8. The number of halogens is 2. The zero-order chi connectivity index (χ0) is 24.6. The van der Waals surface area contributed by atoms with Gasteiger partial charge in [-0.25, -0.2) is 0 Å². The van der Waals surface area contributed by atoms with Crippen LogP contribution in [0.15, 0.2) is 80.8 Å². The molecule has 0 radical (unpaired) electrons. The van der Waals surface area contributed by atoms with E-state index in [0.717, 1.165) is 36.9 Å². The number of hydrogen-bond donors (Lipinski definition) is 0. The lowest BCUT2D eigenvalue weighted by Gasteiger charge is -2.37. The number of fused-ring (bicyclic) bond motifs is 1. The van der Waals surface area contributed by atoms with E-state index in [1.807, 2.05) is 30.3 Å². The molecule has 3 fully saturated rings. The number of hydrazone groups is 1. The first-order valence-electron chi connectivity index (χ1n) is 12.2. The van der Waals surface area contributed by atoms with Crippen molar-refractivity contribution in [1.82, 2.24) is 5.01 Å². The molecule has 0 aromatic heterocycles. The molecule has 1 saturated heterocycles. The van der Waals surface area contributed by atoms with Crippen LogP contribution in [-0.4, -0.2) is 23.0 Å². The molecule has 180 valence electrons. The molecule has 5 nitrogen and oxygen atoms in total. The maximum absolute atomic E-state index is 13.1. The Bertz CT molecular complexity index is 1430. The average Bonchev–Trinajstić information content (AvgIpc) is 3.66. The maximum Gasteiger partial charge on any atom is 0.254 e. The standard InChI is InChI=1S/C29H22Br2N2O3/c30-23-10-15(11-24(31)27(23)36-14-17-6-3-5-16-4-1-2-7-18(16)17)13-32-33-28(34)25-19-8-9-20(22-12-21(19)22)26(25)29(33)35/h1-11,13,19-22,25-26H,12,14H2/b32-13-/t19-,20-,21-,22-,25-,26+/m0/s1. The minimum atomic E-state index is -0.239. The number of nitrogens with zero attached hydrogens (tertiary/aromatic N) is 2. The molecule has 3 aromatic carbocycles. The van der Waals surface area contributed by atoms with Gasteiger partial charge in [0.05, 0.1) is 27.0 Å². The summed E-state index contributed by atoms with van der Waals surface area (Å²) in [5.74, 6) is 1.45. The van der Waals surface area contributed by atoms with E-state index in [9.17, 15) is 9.59 Å². The van der Waals surface area contributed by atoms with Crippen LogP contribution >= 0.6 is 31.9 Å². The number of allylic oxidation sites excluding steroid dienone is 2. The van der Waals surface area contributed by atoms with Crippen molar-refractivity contribution in [1.29, 1.82) is 0 Å². The van der Waals surface area contributed by atoms with E-state index in [1.165, 1.54) is 5.39 Å². The van der Waals surface area contributed by atoms with Crippen molar-refractivity contribution in [2.24, 2.45) is 40.6 Å². The van der Waals surface area contributed by atoms with Gasteiger partial charge in [-0.05, 0) is 96.0 Å². The molecule has 8 rings (SSSR count). The Labute approximate surface area is 225 Å². The van der Waals surface area contributed by atoms with Crippen molar-refractivity contribution in [2.75, 3.05) is 0 Å². The zero-order valence-corrected chi connectivity index (χ0v) is 22.4. The molecule has 2 saturated carbocycles. The fourth-order valence-corrected chi connectivity index (χ4v) is 7.99. The van der Waals surface area contributed by atoms with Gasteiger partial charge in [-0.1, -0.05) is 54.6 Å². The second-order valence-corrected chi connectivity index (χ2v) is 11.8. The maximum atomic E-state index is 13.1. The van der Waals surface area contributed by atoms with Gasteiger partial charge in [0.2, 0.25) is 0 Å². The predicted molar refractivity (Wildman–Crippen MR) is 144 cm³/mol. The first-order chi connectivity index (χ1) is 17.5. The van der Waals surface area contributed by atoms with Crippen molar-refractivity contribution in [3.05, 3.63) is 86.8 Å². The highest BCUT2D eigenvalue weighted by molar-refractivity contribution is 9.11. The number of imide groups is 1. The Hall–Kier alpha value is -2.77. The smallest absolute Gasteiger partial charge is 0.254 e. The summed E-state index contributed by atoms with van der Waals surface area (Å²) < 4.78 is 7.69.